The van der Waals surface area contributed by atoms with Crippen LogP contribution in [0.4, 0.5) is 15.6 Å². The Balaban J connectivity index is 1.42. The second-order valence-corrected chi connectivity index (χ2v) is 11.2. The molecule has 9 nitrogen and oxygen atoms in total. The number of aliphatic imine (C=N–C) groups is 1. The summed E-state index contributed by atoms with van der Waals surface area (Å²) in [6.45, 7) is 0.226. The molecular weight excluding hydrogens is 581 g/mol. The van der Waals surface area contributed by atoms with Crippen LogP contribution in [0.25, 0.3) is 15.8 Å². The van der Waals surface area contributed by atoms with Crippen molar-refractivity contribution in [2.75, 3.05) is 10.2 Å². The molecule has 1 heterocycles. The van der Waals surface area contributed by atoms with Crippen LogP contribution < -0.4 is 21.5 Å². The highest BCUT2D eigenvalue weighted by atomic mass is 35.5. The van der Waals surface area contributed by atoms with Crippen molar-refractivity contribution in [2.24, 2.45) is 15.8 Å². The smallest absolute Gasteiger partial charge is 0.328 e. The quantitative estimate of drug-likeness (QED) is 0.131. The molecule has 0 aliphatic heterocycles. The first-order valence-corrected chi connectivity index (χ1v) is 14.4. The summed E-state index contributed by atoms with van der Waals surface area (Å²) < 4.78 is 0.731. The Bertz CT molecular complexity index is 1680. The zero-order valence-corrected chi connectivity index (χ0v) is 24.1. The van der Waals surface area contributed by atoms with Crippen LogP contribution >= 0.6 is 34.5 Å². The topological polar surface area (TPSA) is 139 Å². The van der Waals surface area contributed by atoms with E-state index in [1.165, 1.54) is 29.8 Å². The van der Waals surface area contributed by atoms with Gasteiger partial charge >= 0.3 is 6.03 Å². The normalized spacial score (nSPS) is 13.5. The van der Waals surface area contributed by atoms with E-state index in [-0.39, 0.29) is 18.5 Å². The van der Waals surface area contributed by atoms with E-state index in [0.29, 0.717) is 31.9 Å². The van der Waals surface area contributed by atoms with E-state index in [2.05, 4.69) is 26.5 Å². The van der Waals surface area contributed by atoms with Gasteiger partial charge in [0.1, 0.15) is 0 Å². The molecular formula is C29H26Cl2N7O2S+. The van der Waals surface area contributed by atoms with Crippen molar-refractivity contribution in [2.45, 2.75) is 32.2 Å². The Hall–Kier alpha value is -4.12. The van der Waals surface area contributed by atoms with Gasteiger partial charge in [0.15, 0.2) is 5.13 Å². The first-order chi connectivity index (χ1) is 19.8. The van der Waals surface area contributed by atoms with E-state index in [1.807, 2.05) is 24.3 Å². The molecule has 0 unspecified atom stereocenters. The maximum atomic E-state index is 13.7. The number of fused-ring (bicyclic) bond motifs is 1. The lowest BCUT2D eigenvalue weighted by Crippen LogP contribution is -2.34. The van der Waals surface area contributed by atoms with E-state index in [9.17, 15) is 9.59 Å². The summed E-state index contributed by atoms with van der Waals surface area (Å²) in [5, 5.41) is 7.42. The van der Waals surface area contributed by atoms with Crippen molar-refractivity contribution in [3.05, 3.63) is 93.5 Å². The van der Waals surface area contributed by atoms with Crippen LogP contribution in [0.5, 0.6) is 0 Å². The predicted octanol–water partition coefficient (Wildman–Crippen LogP) is 6.47. The number of carbonyl (C=O) groups is 2. The molecule has 208 valence electrons. The SMILES string of the molecule is NC(N=[NH2+])=NC(=O)c1ccc(CN(C(=O)Nc2nc3cc(Cl)cc(Cl)c3s2)c2ccc(C3=CCCCC3)cc2)cc1. The van der Waals surface area contributed by atoms with Gasteiger partial charge in [-0.05, 0) is 78.8 Å². The number of guanidine groups is 1. The Morgan fingerprint density at radius 2 is 1.83 bits per heavy atom. The lowest BCUT2D eigenvalue weighted by atomic mass is 9.93. The third kappa shape index (κ3) is 6.79. The average Bonchev–Trinajstić information content (AvgIpc) is 3.39. The molecule has 5 rings (SSSR count). The van der Waals surface area contributed by atoms with Crippen molar-refractivity contribution in [3.63, 3.8) is 0 Å². The van der Waals surface area contributed by atoms with Crippen LogP contribution in [0.2, 0.25) is 10.0 Å². The van der Waals surface area contributed by atoms with E-state index < -0.39 is 5.91 Å². The molecule has 0 spiro atoms. The third-order valence-electron chi connectivity index (χ3n) is 6.60. The monoisotopic (exact) mass is 606 g/mol. The number of nitrogens with zero attached hydrogens (tertiary/aromatic N) is 4. The second-order valence-electron chi connectivity index (χ2n) is 9.39. The molecule has 4 aromatic rings. The zero-order chi connectivity index (χ0) is 28.9. The molecule has 0 bridgehead atoms. The van der Waals surface area contributed by atoms with E-state index in [4.69, 9.17) is 34.5 Å². The number of thiazole rings is 1. The van der Waals surface area contributed by atoms with Crippen LogP contribution in [0.1, 0.15) is 47.2 Å². The molecule has 3 aromatic carbocycles. The highest BCUT2D eigenvalue weighted by Gasteiger charge is 2.20. The number of benzene rings is 3. The Kier molecular flexibility index (Phi) is 8.72. The number of aromatic nitrogens is 1. The van der Waals surface area contributed by atoms with E-state index in [1.54, 1.807) is 41.3 Å². The Morgan fingerprint density at radius 1 is 1.07 bits per heavy atom. The minimum absolute atomic E-state index is 0.226. The number of nitrogens with two attached hydrogens (primary N) is 2. The van der Waals surface area contributed by atoms with Crippen molar-refractivity contribution in [1.82, 2.24) is 4.98 Å². The standard InChI is InChI=1S/C29H25Cl2N7O2S/c30-21-14-23(31)25-24(15-21)34-28(41-25)36-29(40)38(22-12-10-19(11-13-22)18-4-2-1-3-5-18)16-17-6-8-20(9-7-17)26(39)35-27(32)37-33/h4,6-15,33H,1-3,5,16H2,(H2,32,35,39)(H,34,36,40)/p+1. The number of anilines is 2. The van der Waals surface area contributed by atoms with Gasteiger partial charge in [-0.3, -0.25) is 15.0 Å². The van der Waals surface area contributed by atoms with Gasteiger partial charge in [0, 0.05) is 21.4 Å². The fraction of sp³-hybridized carbons (Fsp3) is 0.172. The molecule has 0 saturated heterocycles. The number of carbonyl (C=O) groups excluding carboxylic acids is 2. The molecule has 0 atom stereocenters. The van der Waals surface area contributed by atoms with Crippen LogP contribution in [-0.2, 0) is 6.54 Å². The number of hydrogen-bond acceptors (Lipinski definition) is 4. The second kappa shape index (κ2) is 12.6. The number of halogens is 2. The van der Waals surface area contributed by atoms with Gasteiger partial charge in [-0.1, -0.05) is 64.9 Å². The van der Waals surface area contributed by atoms with Crippen molar-refractivity contribution in [1.29, 1.82) is 0 Å². The fourth-order valence-electron chi connectivity index (χ4n) is 4.54. The number of allylic oxidation sites excluding steroid dienone is 2. The predicted molar refractivity (Wildman–Crippen MR) is 164 cm³/mol. The number of amides is 3. The van der Waals surface area contributed by atoms with Crippen LogP contribution in [-0.4, -0.2) is 22.9 Å². The molecule has 0 fully saturated rings. The van der Waals surface area contributed by atoms with Gasteiger partial charge in [0.05, 0.1) is 21.8 Å². The molecule has 12 heteroatoms. The van der Waals surface area contributed by atoms with Crippen molar-refractivity contribution < 1.29 is 15.1 Å². The lowest BCUT2D eigenvalue weighted by molar-refractivity contribution is -0.207. The fourth-order valence-corrected chi connectivity index (χ4v) is 5.98. The highest BCUT2D eigenvalue weighted by Crippen LogP contribution is 2.35. The number of nitrogens with one attached hydrogen (secondary N) is 1. The van der Waals surface area contributed by atoms with Crippen LogP contribution in [0.3, 0.4) is 0 Å². The lowest BCUT2D eigenvalue weighted by Gasteiger charge is -2.23. The number of hydrogen-bond donors (Lipinski definition) is 3. The van der Waals surface area contributed by atoms with Gasteiger partial charge in [-0.15, -0.1) is 5.53 Å². The van der Waals surface area contributed by atoms with Gasteiger partial charge in [-0.2, -0.15) is 4.99 Å². The number of rotatable bonds is 6. The van der Waals surface area contributed by atoms with Crippen LogP contribution in [0.15, 0.2) is 76.8 Å². The van der Waals surface area contributed by atoms with Gasteiger partial charge in [0.2, 0.25) is 0 Å². The third-order valence-corrected chi connectivity index (χ3v) is 8.25. The largest absolute Gasteiger partial charge is 0.363 e. The minimum Gasteiger partial charge on any atom is -0.363 e. The maximum Gasteiger partial charge on any atom is 0.328 e. The molecule has 1 aliphatic carbocycles. The summed E-state index contributed by atoms with van der Waals surface area (Å²) in [4.78, 5) is 35.7. The van der Waals surface area contributed by atoms with Gasteiger partial charge in [-0.25, -0.2) is 9.78 Å². The highest BCUT2D eigenvalue weighted by molar-refractivity contribution is 7.23. The van der Waals surface area contributed by atoms with Crippen molar-refractivity contribution in [3.8, 4) is 0 Å². The van der Waals surface area contributed by atoms with Gasteiger partial charge in [0.25, 0.3) is 11.9 Å². The molecule has 0 saturated carbocycles. The molecule has 0 radical (unpaired) electrons. The summed E-state index contributed by atoms with van der Waals surface area (Å²) in [5.41, 5.74) is 15.4. The maximum absolute atomic E-state index is 13.7. The Morgan fingerprint density at radius 3 is 2.51 bits per heavy atom. The van der Waals surface area contributed by atoms with E-state index in [0.717, 1.165) is 28.7 Å². The summed E-state index contributed by atoms with van der Waals surface area (Å²) in [7, 11) is 0. The Labute approximate surface area is 250 Å². The van der Waals surface area contributed by atoms with Gasteiger partial charge < -0.3 is 5.73 Å². The molecule has 1 aromatic heterocycles. The molecule has 1 aliphatic rings. The van der Waals surface area contributed by atoms with Crippen molar-refractivity contribution >= 4 is 79.0 Å². The first kappa shape index (κ1) is 28.4. The minimum atomic E-state index is -0.569. The number of urea groups is 1. The first-order valence-electron chi connectivity index (χ1n) is 12.8. The molecule has 5 N–H and O–H groups in total. The molecule has 3 amide bonds. The summed E-state index contributed by atoms with van der Waals surface area (Å²) in [5.74, 6) is -0.882. The molecule has 41 heavy (non-hydrogen) atoms. The van der Waals surface area contributed by atoms with E-state index >= 15 is 0 Å². The summed E-state index contributed by atoms with van der Waals surface area (Å²) in [6, 6.07) is 17.6. The summed E-state index contributed by atoms with van der Waals surface area (Å²) in [6.07, 6.45) is 6.81. The van der Waals surface area contributed by atoms with Crippen LogP contribution in [0, 0.1) is 0 Å². The summed E-state index contributed by atoms with van der Waals surface area (Å²) >= 11 is 13.7. The average molecular weight is 608 g/mol. The zero-order valence-electron chi connectivity index (χ0n) is 21.8.